The Hall–Kier alpha value is -3.30. The molecule has 0 radical (unpaired) electrons. The molecule has 0 bridgehead atoms. The number of benzene rings is 1. The summed E-state index contributed by atoms with van der Waals surface area (Å²) < 4.78 is 1.14. The van der Waals surface area contributed by atoms with Gasteiger partial charge in [-0.25, -0.2) is 9.48 Å². The highest BCUT2D eigenvalue weighted by atomic mass is 16.6. The Morgan fingerprint density at radius 3 is 2.77 bits per heavy atom. The van der Waals surface area contributed by atoms with Gasteiger partial charge in [0.05, 0.1) is 10.6 Å². The van der Waals surface area contributed by atoms with E-state index < -0.39 is 16.8 Å². The van der Waals surface area contributed by atoms with Crippen molar-refractivity contribution >= 4 is 23.3 Å². The number of aromatic nitrogens is 3. The minimum atomic E-state index is -1.23. The number of hydrogen-bond donors (Lipinski definition) is 2. The van der Waals surface area contributed by atoms with E-state index in [1.165, 1.54) is 31.2 Å². The van der Waals surface area contributed by atoms with Crippen LogP contribution in [0.3, 0.4) is 0 Å². The predicted octanol–water partition coefficient (Wildman–Crippen LogP) is 0.832. The lowest BCUT2D eigenvalue weighted by Gasteiger charge is -2.06. The van der Waals surface area contributed by atoms with Gasteiger partial charge < -0.3 is 10.4 Å². The van der Waals surface area contributed by atoms with Gasteiger partial charge in [-0.2, -0.15) is 0 Å². The van der Waals surface area contributed by atoms with E-state index in [4.69, 9.17) is 5.11 Å². The van der Waals surface area contributed by atoms with E-state index in [1.54, 1.807) is 0 Å². The third-order valence-corrected chi connectivity index (χ3v) is 2.82. The standard InChI is InChI=1S/C12H11N5O5/c1-7-11(12(19)20)14-15-16(7)6-10(18)13-8-3-2-4-9(5-8)17(21)22/h2-5H,6H2,1H3,(H,13,18)(H,19,20). The summed E-state index contributed by atoms with van der Waals surface area (Å²) in [7, 11) is 0. The molecule has 0 aliphatic rings. The maximum atomic E-state index is 11.9. The molecule has 1 amide bonds. The number of carboxylic acids is 1. The molecule has 0 saturated heterocycles. The van der Waals surface area contributed by atoms with Crippen molar-refractivity contribution in [3.63, 3.8) is 0 Å². The maximum absolute atomic E-state index is 11.9. The van der Waals surface area contributed by atoms with Crippen LogP contribution in [0.4, 0.5) is 11.4 Å². The lowest BCUT2D eigenvalue weighted by molar-refractivity contribution is -0.384. The topological polar surface area (TPSA) is 140 Å². The summed E-state index contributed by atoms with van der Waals surface area (Å²) in [6.45, 7) is 1.22. The Bertz CT molecular complexity index is 754. The fraction of sp³-hybridized carbons (Fsp3) is 0.167. The van der Waals surface area contributed by atoms with Crippen molar-refractivity contribution in [2.45, 2.75) is 13.5 Å². The first-order chi connectivity index (χ1) is 10.4. The molecule has 114 valence electrons. The number of rotatable bonds is 5. The summed E-state index contributed by atoms with van der Waals surface area (Å²) in [4.78, 5) is 32.8. The van der Waals surface area contributed by atoms with E-state index >= 15 is 0 Å². The van der Waals surface area contributed by atoms with Gasteiger partial charge in [-0.15, -0.1) is 5.10 Å². The third-order valence-electron chi connectivity index (χ3n) is 2.82. The molecule has 0 spiro atoms. The molecular weight excluding hydrogens is 294 g/mol. The van der Waals surface area contributed by atoms with Gasteiger partial charge in [-0.05, 0) is 13.0 Å². The fourth-order valence-corrected chi connectivity index (χ4v) is 1.74. The van der Waals surface area contributed by atoms with Crippen molar-refractivity contribution in [2.75, 3.05) is 5.32 Å². The van der Waals surface area contributed by atoms with Crippen molar-refractivity contribution < 1.29 is 19.6 Å². The zero-order chi connectivity index (χ0) is 16.3. The first-order valence-corrected chi connectivity index (χ1v) is 6.06. The Morgan fingerprint density at radius 1 is 1.45 bits per heavy atom. The molecule has 1 aromatic carbocycles. The maximum Gasteiger partial charge on any atom is 0.358 e. The molecule has 22 heavy (non-hydrogen) atoms. The van der Waals surface area contributed by atoms with Crippen LogP contribution in [0.25, 0.3) is 0 Å². The number of anilines is 1. The molecule has 2 aromatic rings. The molecule has 0 aliphatic carbocycles. The minimum absolute atomic E-state index is 0.150. The number of hydrogen-bond acceptors (Lipinski definition) is 6. The molecule has 0 unspecified atom stereocenters. The van der Waals surface area contributed by atoms with Gasteiger partial charge in [0.1, 0.15) is 6.54 Å². The number of nitro groups is 1. The number of nitrogens with one attached hydrogen (secondary N) is 1. The number of amides is 1. The van der Waals surface area contributed by atoms with Crippen LogP contribution in [0.1, 0.15) is 16.2 Å². The number of carbonyl (C=O) groups is 2. The third kappa shape index (κ3) is 3.23. The van der Waals surface area contributed by atoms with Crippen molar-refractivity contribution in [1.82, 2.24) is 15.0 Å². The predicted molar refractivity (Wildman–Crippen MR) is 73.4 cm³/mol. The van der Waals surface area contributed by atoms with Gasteiger partial charge in [-0.1, -0.05) is 11.3 Å². The van der Waals surface area contributed by atoms with Crippen LogP contribution in [0.2, 0.25) is 0 Å². The van der Waals surface area contributed by atoms with E-state index in [-0.39, 0.29) is 29.3 Å². The highest BCUT2D eigenvalue weighted by molar-refractivity contribution is 5.91. The largest absolute Gasteiger partial charge is 0.476 e. The molecule has 0 aliphatic heterocycles. The second kappa shape index (κ2) is 5.99. The zero-order valence-electron chi connectivity index (χ0n) is 11.4. The normalized spacial score (nSPS) is 10.2. The Kier molecular flexibility index (Phi) is 4.11. The summed E-state index contributed by atoms with van der Waals surface area (Å²) in [5.74, 6) is -1.74. The smallest absolute Gasteiger partial charge is 0.358 e. The van der Waals surface area contributed by atoms with Crippen molar-refractivity contribution in [3.8, 4) is 0 Å². The van der Waals surface area contributed by atoms with Crippen LogP contribution in [-0.4, -0.2) is 36.9 Å². The van der Waals surface area contributed by atoms with Gasteiger partial charge in [0.25, 0.3) is 5.69 Å². The second-order valence-corrected chi connectivity index (χ2v) is 4.34. The molecule has 1 aromatic heterocycles. The summed E-state index contributed by atoms with van der Waals surface area (Å²) >= 11 is 0. The molecule has 2 N–H and O–H groups in total. The number of non-ortho nitro benzene ring substituents is 1. The molecule has 10 nitrogen and oxygen atoms in total. The minimum Gasteiger partial charge on any atom is -0.476 e. The number of carboxylic acid groups (broad SMARTS) is 1. The summed E-state index contributed by atoms with van der Waals surface area (Å²) in [5.41, 5.74) is 0.114. The SMILES string of the molecule is Cc1c(C(=O)O)nnn1CC(=O)Nc1cccc([N+](=O)[O-])c1. The van der Waals surface area contributed by atoms with Gasteiger partial charge in [0.2, 0.25) is 5.91 Å². The van der Waals surface area contributed by atoms with Crippen LogP contribution in [-0.2, 0) is 11.3 Å². The highest BCUT2D eigenvalue weighted by Gasteiger charge is 2.17. The molecule has 0 saturated carbocycles. The average Bonchev–Trinajstić information content (AvgIpc) is 2.80. The molecular formula is C12H11N5O5. The first kappa shape index (κ1) is 15.1. The molecule has 0 fully saturated rings. The van der Waals surface area contributed by atoms with E-state index in [2.05, 4.69) is 15.6 Å². The monoisotopic (exact) mass is 305 g/mol. The van der Waals surface area contributed by atoms with Gasteiger partial charge in [-0.3, -0.25) is 14.9 Å². The molecule has 2 rings (SSSR count). The zero-order valence-corrected chi connectivity index (χ0v) is 11.4. The van der Waals surface area contributed by atoms with Gasteiger partial charge in [0, 0.05) is 17.8 Å². The first-order valence-electron chi connectivity index (χ1n) is 6.06. The Labute approximate surface area is 123 Å². The molecule has 0 atom stereocenters. The summed E-state index contributed by atoms with van der Waals surface area (Å²) in [6, 6.07) is 5.46. The van der Waals surface area contributed by atoms with Gasteiger partial charge in [0.15, 0.2) is 5.69 Å². The van der Waals surface area contributed by atoms with Crippen molar-refractivity contribution in [1.29, 1.82) is 0 Å². The van der Waals surface area contributed by atoms with Crippen molar-refractivity contribution in [2.24, 2.45) is 0 Å². The number of nitro benzene ring substituents is 1. The van der Waals surface area contributed by atoms with Gasteiger partial charge >= 0.3 is 5.97 Å². The quantitative estimate of drug-likeness (QED) is 0.615. The van der Waals surface area contributed by atoms with Crippen molar-refractivity contribution in [3.05, 3.63) is 45.8 Å². The van der Waals surface area contributed by atoms with E-state index in [9.17, 15) is 19.7 Å². The van der Waals surface area contributed by atoms with E-state index in [0.29, 0.717) is 0 Å². The van der Waals surface area contributed by atoms with Crippen LogP contribution in [0.15, 0.2) is 24.3 Å². The molecule has 1 heterocycles. The lowest BCUT2D eigenvalue weighted by Crippen LogP contribution is -2.20. The van der Waals surface area contributed by atoms with E-state index in [0.717, 1.165) is 4.68 Å². The molecule has 10 heteroatoms. The number of aromatic carboxylic acids is 1. The van der Waals surface area contributed by atoms with E-state index in [1.807, 2.05) is 0 Å². The van der Waals surface area contributed by atoms with Crippen LogP contribution < -0.4 is 5.32 Å². The summed E-state index contributed by atoms with van der Waals surface area (Å²) in [6.07, 6.45) is 0. The van der Waals surface area contributed by atoms with Crippen LogP contribution in [0, 0.1) is 17.0 Å². The lowest BCUT2D eigenvalue weighted by atomic mass is 10.3. The Balaban J connectivity index is 2.09. The number of carbonyl (C=O) groups excluding carboxylic acids is 1. The van der Waals surface area contributed by atoms with Crippen LogP contribution in [0.5, 0.6) is 0 Å². The fourth-order valence-electron chi connectivity index (χ4n) is 1.74. The highest BCUT2D eigenvalue weighted by Crippen LogP contribution is 2.17. The summed E-state index contributed by atoms with van der Waals surface area (Å²) in [5, 5.41) is 29.0. The average molecular weight is 305 g/mol. The number of nitrogens with zero attached hydrogens (tertiary/aromatic N) is 4. The Morgan fingerprint density at radius 2 is 2.18 bits per heavy atom. The van der Waals surface area contributed by atoms with Crippen LogP contribution >= 0.6 is 0 Å². The second-order valence-electron chi connectivity index (χ2n) is 4.34.